The van der Waals surface area contributed by atoms with Gasteiger partial charge in [0, 0.05) is 31.2 Å². The van der Waals surface area contributed by atoms with Crippen LogP contribution in [-0.4, -0.2) is 64.0 Å². The number of aromatic nitrogens is 2. The highest BCUT2D eigenvalue weighted by Crippen LogP contribution is 2.23. The molecule has 1 saturated heterocycles. The molecule has 0 saturated carbocycles. The molecule has 0 aliphatic carbocycles. The fraction of sp³-hybridized carbons (Fsp3) is 0.417. The number of likely N-dealkylation sites (tertiary alicyclic amines) is 1. The Morgan fingerprint density at radius 1 is 1.15 bits per heavy atom. The quantitative estimate of drug-likeness (QED) is 0.518. The molecule has 0 radical (unpaired) electrons. The predicted octanol–water partition coefficient (Wildman–Crippen LogP) is 3.43. The summed E-state index contributed by atoms with van der Waals surface area (Å²) in [5.41, 5.74) is 0.675. The number of piperidine rings is 1. The number of hydrogen-bond acceptors (Lipinski definition) is 7. The molecule has 1 aromatic carbocycles. The highest BCUT2D eigenvalue weighted by molar-refractivity contribution is 7.13. The molecular weight excluding hydrogens is 438 g/mol. The normalized spacial score (nSPS) is 14.8. The van der Waals surface area contributed by atoms with Gasteiger partial charge in [-0.1, -0.05) is 31.2 Å². The standard InChI is InChI=1S/C24H29N5O3S/c1-2-12-29(16-21-26-27-24(32-21)20-9-6-15-33-20)22(30)17-28-13-10-19(11-14-28)25-23(31)18-7-4-3-5-8-18/h3-9,15,19H,2,10-14,16-17H2,1H3,(H,25,31). The lowest BCUT2D eigenvalue weighted by Gasteiger charge is -2.33. The highest BCUT2D eigenvalue weighted by Gasteiger charge is 2.25. The largest absolute Gasteiger partial charge is 0.418 e. The molecule has 0 spiro atoms. The van der Waals surface area contributed by atoms with Crippen LogP contribution in [-0.2, 0) is 11.3 Å². The number of benzene rings is 1. The smallest absolute Gasteiger partial charge is 0.257 e. The lowest BCUT2D eigenvalue weighted by molar-refractivity contribution is -0.133. The maximum atomic E-state index is 13.0. The monoisotopic (exact) mass is 467 g/mol. The van der Waals surface area contributed by atoms with Crippen molar-refractivity contribution in [2.75, 3.05) is 26.2 Å². The Bertz CT molecular complexity index is 1030. The van der Waals surface area contributed by atoms with Crippen molar-refractivity contribution in [3.05, 3.63) is 59.3 Å². The van der Waals surface area contributed by atoms with Crippen LogP contribution in [0.5, 0.6) is 0 Å². The lowest BCUT2D eigenvalue weighted by atomic mass is 10.0. The van der Waals surface area contributed by atoms with Gasteiger partial charge in [0.2, 0.25) is 11.8 Å². The van der Waals surface area contributed by atoms with Crippen LogP contribution in [0.15, 0.2) is 52.3 Å². The fourth-order valence-electron chi connectivity index (χ4n) is 3.93. The predicted molar refractivity (Wildman–Crippen MR) is 127 cm³/mol. The number of carbonyl (C=O) groups is 2. The third-order valence-corrected chi connectivity index (χ3v) is 6.55. The first-order chi connectivity index (χ1) is 16.1. The van der Waals surface area contributed by atoms with Gasteiger partial charge in [-0.25, -0.2) is 0 Å². The van der Waals surface area contributed by atoms with Crippen molar-refractivity contribution >= 4 is 23.2 Å². The molecule has 1 aliphatic heterocycles. The Labute approximate surface area is 197 Å². The van der Waals surface area contributed by atoms with E-state index in [0.29, 0.717) is 37.0 Å². The number of nitrogens with one attached hydrogen (secondary N) is 1. The maximum Gasteiger partial charge on any atom is 0.257 e. The Morgan fingerprint density at radius 2 is 1.94 bits per heavy atom. The molecule has 2 amide bonds. The van der Waals surface area contributed by atoms with Crippen LogP contribution in [0.25, 0.3) is 10.8 Å². The molecule has 1 aliphatic rings. The van der Waals surface area contributed by atoms with E-state index in [2.05, 4.69) is 20.4 Å². The molecule has 4 rings (SSSR count). The van der Waals surface area contributed by atoms with E-state index in [0.717, 1.165) is 37.2 Å². The van der Waals surface area contributed by atoms with Crippen LogP contribution in [0.1, 0.15) is 42.4 Å². The van der Waals surface area contributed by atoms with Gasteiger partial charge in [-0.3, -0.25) is 14.5 Å². The van der Waals surface area contributed by atoms with Gasteiger partial charge in [0.25, 0.3) is 11.8 Å². The zero-order valence-electron chi connectivity index (χ0n) is 18.8. The molecule has 2 aromatic heterocycles. The van der Waals surface area contributed by atoms with Crippen molar-refractivity contribution in [3.63, 3.8) is 0 Å². The lowest BCUT2D eigenvalue weighted by Crippen LogP contribution is -2.48. The van der Waals surface area contributed by atoms with Gasteiger partial charge in [-0.15, -0.1) is 21.5 Å². The number of carbonyl (C=O) groups excluding carboxylic acids is 2. The third-order valence-electron chi connectivity index (χ3n) is 5.69. The fourth-order valence-corrected chi connectivity index (χ4v) is 4.57. The van der Waals surface area contributed by atoms with Gasteiger partial charge in [0.1, 0.15) is 0 Å². The summed E-state index contributed by atoms with van der Waals surface area (Å²) in [4.78, 5) is 30.3. The molecule has 8 nitrogen and oxygen atoms in total. The summed E-state index contributed by atoms with van der Waals surface area (Å²) in [7, 11) is 0. The number of nitrogens with zero attached hydrogens (tertiary/aromatic N) is 4. The molecule has 174 valence electrons. The van der Waals surface area contributed by atoms with E-state index in [-0.39, 0.29) is 17.9 Å². The van der Waals surface area contributed by atoms with Gasteiger partial charge in [0.15, 0.2) is 0 Å². The van der Waals surface area contributed by atoms with E-state index in [1.165, 1.54) is 0 Å². The number of amides is 2. The van der Waals surface area contributed by atoms with Gasteiger partial charge in [0.05, 0.1) is 18.0 Å². The average molecular weight is 468 g/mol. The van der Waals surface area contributed by atoms with Crippen molar-refractivity contribution < 1.29 is 14.0 Å². The second-order valence-electron chi connectivity index (χ2n) is 8.18. The van der Waals surface area contributed by atoms with Gasteiger partial charge < -0.3 is 14.6 Å². The molecule has 1 fully saturated rings. The summed E-state index contributed by atoms with van der Waals surface area (Å²) in [6.07, 6.45) is 2.51. The first-order valence-corrected chi connectivity index (χ1v) is 12.2. The van der Waals surface area contributed by atoms with E-state index >= 15 is 0 Å². The number of thiophene rings is 1. The van der Waals surface area contributed by atoms with E-state index in [1.54, 1.807) is 16.2 Å². The van der Waals surface area contributed by atoms with Crippen LogP contribution in [0.2, 0.25) is 0 Å². The van der Waals surface area contributed by atoms with E-state index < -0.39 is 0 Å². The minimum Gasteiger partial charge on any atom is -0.418 e. The van der Waals surface area contributed by atoms with Crippen LogP contribution in [0.3, 0.4) is 0 Å². The summed E-state index contributed by atoms with van der Waals surface area (Å²) in [6.45, 7) is 4.90. The Kier molecular flexibility index (Phi) is 7.85. The van der Waals surface area contributed by atoms with Gasteiger partial charge in [-0.2, -0.15) is 0 Å². The molecule has 3 heterocycles. The van der Waals surface area contributed by atoms with Crippen LogP contribution in [0, 0.1) is 0 Å². The molecular formula is C24H29N5O3S. The first-order valence-electron chi connectivity index (χ1n) is 11.3. The van der Waals surface area contributed by atoms with Crippen LogP contribution in [0.4, 0.5) is 0 Å². The van der Waals surface area contributed by atoms with Gasteiger partial charge >= 0.3 is 0 Å². The van der Waals surface area contributed by atoms with Crippen molar-refractivity contribution in [1.29, 1.82) is 0 Å². The van der Waals surface area contributed by atoms with E-state index in [4.69, 9.17) is 4.42 Å². The molecule has 9 heteroatoms. The molecule has 0 bridgehead atoms. The molecule has 0 atom stereocenters. The van der Waals surface area contributed by atoms with Crippen molar-refractivity contribution in [2.24, 2.45) is 0 Å². The summed E-state index contributed by atoms with van der Waals surface area (Å²) in [5, 5.41) is 13.3. The summed E-state index contributed by atoms with van der Waals surface area (Å²) >= 11 is 1.54. The van der Waals surface area contributed by atoms with E-state index in [9.17, 15) is 9.59 Å². The minimum atomic E-state index is -0.0410. The van der Waals surface area contributed by atoms with E-state index in [1.807, 2.05) is 54.8 Å². The molecule has 3 aromatic rings. The van der Waals surface area contributed by atoms with Crippen molar-refractivity contribution in [1.82, 2.24) is 25.3 Å². The zero-order valence-corrected chi connectivity index (χ0v) is 19.6. The van der Waals surface area contributed by atoms with Crippen molar-refractivity contribution in [2.45, 2.75) is 38.8 Å². The first kappa shape index (κ1) is 23.1. The van der Waals surface area contributed by atoms with Gasteiger partial charge in [-0.05, 0) is 42.8 Å². The Hall–Kier alpha value is -3.04. The maximum absolute atomic E-state index is 13.0. The second-order valence-corrected chi connectivity index (χ2v) is 9.13. The summed E-state index contributed by atoms with van der Waals surface area (Å²) in [6, 6.07) is 13.3. The second kappa shape index (κ2) is 11.2. The van der Waals surface area contributed by atoms with Crippen LogP contribution >= 0.6 is 11.3 Å². The summed E-state index contributed by atoms with van der Waals surface area (Å²) in [5.74, 6) is 0.950. The average Bonchev–Trinajstić information content (AvgIpc) is 3.53. The zero-order chi connectivity index (χ0) is 23.0. The number of rotatable bonds is 9. The van der Waals surface area contributed by atoms with Crippen molar-refractivity contribution in [3.8, 4) is 10.8 Å². The number of hydrogen-bond donors (Lipinski definition) is 1. The molecule has 33 heavy (non-hydrogen) atoms. The Balaban J connectivity index is 1.26. The summed E-state index contributed by atoms with van der Waals surface area (Å²) < 4.78 is 5.77. The Morgan fingerprint density at radius 3 is 2.64 bits per heavy atom. The topological polar surface area (TPSA) is 91.6 Å². The van der Waals surface area contributed by atoms with Crippen LogP contribution < -0.4 is 5.32 Å². The highest BCUT2D eigenvalue weighted by atomic mass is 32.1. The third kappa shape index (κ3) is 6.27. The SMILES string of the molecule is CCCN(Cc1nnc(-c2cccs2)o1)C(=O)CN1CCC(NC(=O)c2ccccc2)CC1. The molecule has 1 N–H and O–H groups in total. The molecule has 0 unspecified atom stereocenters. The minimum absolute atomic E-state index is 0.0410.